The number of hydrogen-bond acceptors (Lipinski definition) is 3. The summed E-state index contributed by atoms with van der Waals surface area (Å²) in [5.74, 6) is -2.60. The van der Waals surface area contributed by atoms with Gasteiger partial charge in [0, 0.05) is 18.4 Å². The van der Waals surface area contributed by atoms with E-state index in [9.17, 15) is 18.4 Å². The molecule has 1 rings (SSSR count). The van der Waals surface area contributed by atoms with Gasteiger partial charge in [-0.15, -0.1) is 0 Å². The van der Waals surface area contributed by atoms with Crippen molar-refractivity contribution in [2.24, 2.45) is 0 Å². The number of carbonyl (C=O) groups excluding carboxylic acids is 2. The van der Waals surface area contributed by atoms with E-state index in [4.69, 9.17) is 0 Å². The molecule has 1 aromatic rings. The van der Waals surface area contributed by atoms with Gasteiger partial charge in [-0.05, 0) is 31.0 Å². The van der Waals surface area contributed by atoms with Crippen molar-refractivity contribution in [3.05, 3.63) is 35.4 Å². The predicted octanol–water partition coefficient (Wildman–Crippen LogP) is 2.88. The highest BCUT2D eigenvalue weighted by atomic mass is 19.2. The molecule has 5 heteroatoms. The second-order valence-electron chi connectivity index (χ2n) is 3.84. The van der Waals surface area contributed by atoms with Gasteiger partial charge in [-0.2, -0.15) is 0 Å². The monoisotopic (exact) mass is 256 g/mol. The number of rotatable bonds is 6. The topological polar surface area (TPSA) is 43.4 Å². The number of hydrogen-bond donors (Lipinski definition) is 0. The molecular formula is C13H14F2O3. The molecule has 0 aliphatic carbocycles. The Morgan fingerprint density at radius 3 is 2.39 bits per heavy atom. The molecule has 0 N–H and O–H groups in total. The number of unbranched alkanes of at least 4 members (excludes halogenated alkanes) is 1. The van der Waals surface area contributed by atoms with E-state index in [-0.39, 0.29) is 30.2 Å². The molecule has 0 unspecified atom stereocenters. The average molecular weight is 256 g/mol. The normalized spacial score (nSPS) is 10.2. The second kappa shape index (κ2) is 6.83. The van der Waals surface area contributed by atoms with Crippen LogP contribution in [0.15, 0.2) is 18.2 Å². The molecule has 0 saturated carbocycles. The summed E-state index contributed by atoms with van der Waals surface area (Å²) in [5.41, 5.74) is 0.145. The molecular weight excluding hydrogens is 242 g/mol. The standard InChI is InChI=1S/C13H14F2O3/c1-18-13(17)5-3-2-4-12(16)9-6-7-10(14)11(15)8-9/h6-8H,2-5H2,1H3. The first kappa shape index (κ1) is 14.3. The Bertz CT molecular complexity index is 444. The lowest BCUT2D eigenvalue weighted by atomic mass is 10.0. The molecule has 18 heavy (non-hydrogen) atoms. The summed E-state index contributed by atoms with van der Waals surface area (Å²) >= 11 is 0. The third-order valence-corrected chi connectivity index (χ3v) is 2.50. The number of halogens is 2. The van der Waals surface area contributed by atoms with Gasteiger partial charge in [0.2, 0.25) is 0 Å². The summed E-state index contributed by atoms with van der Waals surface area (Å²) in [6.45, 7) is 0. The van der Waals surface area contributed by atoms with Crippen molar-refractivity contribution in [1.82, 2.24) is 0 Å². The first-order valence-electron chi connectivity index (χ1n) is 5.59. The summed E-state index contributed by atoms with van der Waals surface area (Å²) < 4.78 is 30.0. The maximum absolute atomic E-state index is 12.9. The Labute approximate surface area is 104 Å². The largest absolute Gasteiger partial charge is 0.469 e. The van der Waals surface area contributed by atoms with Crippen LogP contribution in [0.5, 0.6) is 0 Å². The lowest BCUT2D eigenvalue weighted by Crippen LogP contribution is -2.03. The number of methoxy groups -OCH3 is 1. The predicted molar refractivity (Wildman–Crippen MR) is 61.2 cm³/mol. The number of Topliss-reactive ketones (excluding diaryl/α,β-unsaturated/α-hetero) is 1. The lowest BCUT2D eigenvalue weighted by Gasteiger charge is -2.02. The van der Waals surface area contributed by atoms with E-state index >= 15 is 0 Å². The fraction of sp³-hybridized carbons (Fsp3) is 0.385. The highest BCUT2D eigenvalue weighted by Gasteiger charge is 2.10. The number of ether oxygens (including phenoxy) is 1. The first-order valence-corrected chi connectivity index (χ1v) is 5.59. The van der Waals surface area contributed by atoms with Crippen molar-refractivity contribution in [3.8, 4) is 0 Å². The van der Waals surface area contributed by atoms with Gasteiger partial charge in [-0.1, -0.05) is 0 Å². The summed E-state index contributed by atoms with van der Waals surface area (Å²) in [6.07, 6.45) is 1.48. The zero-order valence-corrected chi connectivity index (χ0v) is 10.0. The van der Waals surface area contributed by atoms with Crippen LogP contribution in [0.1, 0.15) is 36.0 Å². The van der Waals surface area contributed by atoms with Gasteiger partial charge in [-0.3, -0.25) is 9.59 Å². The third kappa shape index (κ3) is 4.24. The van der Waals surface area contributed by atoms with Crippen LogP contribution in [0.25, 0.3) is 0 Å². The molecule has 0 bridgehead atoms. The smallest absolute Gasteiger partial charge is 0.305 e. The molecule has 0 amide bonds. The van der Waals surface area contributed by atoms with Gasteiger partial charge in [0.1, 0.15) is 0 Å². The Kier molecular flexibility index (Phi) is 5.42. The van der Waals surface area contributed by atoms with Gasteiger partial charge in [-0.25, -0.2) is 8.78 Å². The number of esters is 1. The average Bonchev–Trinajstić information content (AvgIpc) is 2.37. The minimum absolute atomic E-state index is 0.145. The molecule has 98 valence electrons. The fourth-order valence-corrected chi connectivity index (χ4v) is 1.47. The van der Waals surface area contributed by atoms with E-state index in [1.165, 1.54) is 13.2 Å². The Hall–Kier alpha value is -1.78. The Balaban J connectivity index is 2.41. The van der Waals surface area contributed by atoms with E-state index < -0.39 is 11.6 Å². The van der Waals surface area contributed by atoms with Gasteiger partial charge in [0.25, 0.3) is 0 Å². The molecule has 0 heterocycles. The zero-order chi connectivity index (χ0) is 13.5. The van der Waals surface area contributed by atoms with Crippen LogP contribution in [-0.2, 0) is 9.53 Å². The Morgan fingerprint density at radius 1 is 1.11 bits per heavy atom. The summed E-state index contributed by atoms with van der Waals surface area (Å²) in [6, 6.07) is 3.07. The van der Waals surface area contributed by atoms with E-state index in [1.807, 2.05) is 0 Å². The summed E-state index contributed by atoms with van der Waals surface area (Å²) in [4.78, 5) is 22.4. The minimum atomic E-state index is -1.03. The molecule has 1 aromatic carbocycles. The van der Waals surface area contributed by atoms with Crippen LogP contribution < -0.4 is 0 Å². The maximum Gasteiger partial charge on any atom is 0.305 e. The van der Waals surface area contributed by atoms with E-state index in [2.05, 4.69) is 4.74 Å². The van der Waals surface area contributed by atoms with E-state index in [0.717, 1.165) is 12.1 Å². The van der Waals surface area contributed by atoms with Crippen molar-refractivity contribution < 1.29 is 23.1 Å². The molecule has 0 spiro atoms. The van der Waals surface area contributed by atoms with Gasteiger partial charge in [0.05, 0.1) is 7.11 Å². The van der Waals surface area contributed by atoms with Gasteiger partial charge >= 0.3 is 5.97 Å². The molecule has 0 radical (unpaired) electrons. The molecule has 3 nitrogen and oxygen atoms in total. The highest BCUT2D eigenvalue weighted by Crippen LogP contribution is 2.12. The second-order valence-corrected chi connectivity index (χ2v) is 3.84. The van der Waals surface area contributed by atoms with Crippen molar-refractivity contribution in [1.29, 1.82) is 0 Å². The maximum atomic E-state index is 12.9. The molecule has 0 aromatic heterocycles. The van der Waals surface area contributed by atoms with Crippen LogP contribution in [0, 0.1) is 11.6 Å². The van der Waals surface area contributed by atoms with Crippen LogP contribution in [0.4, 0.5) is 8.78 Å². The van der Waals surface area contributed by atoms with Crippen LogP contribution in [0.2, 0.25) is 0 Å². The SMILES string of the molecule is COC(=O)CCCCC(=O)c1ccc(F)c(F)c1. The lowest BCUT2D eigenvalue weighted by molar-refractivity contribution is -0.140. The summed E-state index contributed by atoms with van der Waals surface area (Å²) in [5, 5.41) is 0. The van der Waals surface area contributed by atoms with Gasteiger partial charge in [0.15, 0.2) is 17.4 Å². The van der Waals surface area contributed by atoms with E-state index in [0.29, 0.717) is 12.8 Å². The highest BCUT2D eigenvalue weighted by molar-refractivity contribution is 5.96. The van der Waals surface area contributed by atoms with Crippen molar-refractivity contribution >= 4 is 11.8 Å². The van der Waals surface area contributed by atoms with Gasteiger partial charge < -0.3 is 4.74 Å². The fourth-order valence-electron chi connectivity index (χ4n) is 1.47. The Morgan fingerprint density at radius 2 is 1.78 bits per heavy atom. The first-order chi connectivity index (χ1) is 8.54. The van der Waals surface area contributed by atoms with Crippen LogP contribution in [0.3, 0.4) is 0 Å². The molecule has 0 aliphatic heterocycles. The van der Waals surface area contributed by atoms with E-state index in [1.54, 1.807) is 0 Å². The zero-order valence-electron chi connectivity index (χ0n) is 10.0. The summed E-state index contributed by atoms with van der Waals surface area (Å²) in [7, 11) is 1.30. The molecule has 0 atom stereocenters. The molecule has 0 saturated heterocycles. The quantitative estimate of drug-likeness (QED) is 0.446. The van der Waals surface area contributed by atoms with Crippen molar-refractivity contribution in [2.75, 3.05) is 7.11 Å². The molecule has 0 aliphatic rings. The third-order valence-electron chi connectivity index (χ3n) is 2.50. The number of benzene rings is 1. The van der Waals surface area contributed by atoms with Crippen molar-refractivity contribution in [2.45, 2.75) is 25.7 Å². The van der Waals surface area contributed by atoms with Crippen LogP contribution in [-0.4, -0.2) is 18.9 Å². The number of ketones is 1. The van der Waals surface area contributed by atoms with Crippen LogP contribution >= 0.6 is 0 Å². The minimum Gasteiger partial charge on any atom is -0.469 e. The van der Waals surface area contributed by atoms with Crippen molar-refractivity contribution in [3.63, 3.8) is 0 Å². The molecule has 0 fully saturated rings. The number of carbonyl (C=O) groups is 2.